The Morgan fingerprint density at radius 2 is 1.76 bits per heavy atom. The highest BCUT2D eigenvalue weighted by Crippen LogP contribution is 2.27. The lowest BCUT2D eigenvalue weighted by atomic mass is 10.2. The van der Waals surface area contributed by atoms with E-state index >= 15 is 0 Å². The molecule has 3 rings (SSSR count). The number of hydrogen-bond acceptors (Lipinski definition) is 4. The van der Waals surface area contributed by atoms with Crippen molar-refractivity contribution in [3.05, 3.63) is 65.5 Å². The van der Waals surface area contributed by atoms with Crippen molar-refractivity contribution in [2.45, 2.75) is 31.4 Å². The number of aryl methyl sites for hydroxylation is 2. The van der Waals surface area contributed by atoms with Crippen LogP contribution >= 0.6 is 11.8 Å². The second kappa shape index (κ2) is 7.65. The maximum atomic E-state index is 12.2. The van der Waals surface area contributed by atoms with Crippen LogP contribution in [0.15, 0.2) is 53.7 Å². The molecule has 0 aliphatic heterocycles. The minimum atomic E-state index is -2.81. The predicted octanol–water partition coefficient (Wildman–Crippen LogP) is 4.78. The van der Waals surface area contributed by atoms with E-state index < -0.39 is 6.61 Å². The van der Waals surface area contributed by atoms with E-state index in [1.54, 1.807) is 36.0 Å². The van der Waals surface area contributed by atoms with Gasteiger partial charge in [0.05, 0.1) is 5.69 Å². The van der Waals surface area contributed by atoms with Gasteiger partial charge >= 0.3 is 6.61 Å². The summed E-state index contributed by atoms with van der Waals surface area (Å²) in [4.78, 5) is 0. The molecule has 0 spiro atoms. The van der Waals surface area contributed by atoms with Crippen molar-refractivity contribution in [2.75, 3.05) is 0 Å². The Hall–Kier alpha value is -2.41. The quantitative estimate of drug-likeness (QED) is 0.593. The van der Waals surface area contributed by atoms with Crippen LogP contribution in [-0.4, -0.2) is 21.4 Å². The van der Waals surface area contributed by atoms with Crippen molar-refractivity contribution in [1.29, 1.82) is 0 Å². The van der Waals surface area contributed by atoms with Crippen molar-refractivity contribution in [2.24, 2.45) is 0 Å². The van der Waals surface area contributed by atoms with Crippen LogP contribution in [0.2, 0.25) is 0 Å². The van der Waals surface area contributed by atoms with Gasteiger partial charge in [0.15, 0.2) is 5.16 Å². The summed E-state index contributed by atoms with van der Waals surface area (Å²) in [5.74, 6) is 1.62. The van der Waals surface area contributed by atoms with Gasteiger partial charge in [-0.05, 0) is 43.2 Å². The summed E-state index contributed by atoms with van der Waals surface area (Å²) in [5.41, 5.74) is 3.18. The molecule has 0 amide bonds. The highest BCUT2D eigenvalue weighted by atomic mass is 32.2. The number of thioether (sulfide) groups is 1. The van der Waals surface area contributed by atoms with E-state index in [0.29, 0.717) is 5.75 Å². The van der Waals surface area contributed by atoms with E-state index in [-0.39, 0.29) is 5.75 Å². The number of benzene rings is 2. The Morgan fingerprint density at radius 1 is 1.04 bits per heavy atom. The maximum absolute atomic E-state index is 12.2. The van der Waals surface area contributed by atoms with E-state index in [4.69, 9.17) is 0 Å². The Balaban J connectivity index is 1.75. The van der Waals surface area contributed by atoms with E-state index in [2.05, 4.69) is 14.9 Å². The van der Waals surface area contributed by atoms with Gasteiger partial charge in [0, 0.05) is 5.75 Å². The monoisotopic (exact) mass is 361 g/mol. The van der Waals surface area contributed by atoms with Crippen LogP contribution in [0, 0.1) is 13.8 Å². The molecule has 130 valence electrons. The van der Waals surface area contributed by atoms with Gasteiger partial charge < -0.3 is 4.74 Å². The third-order valence-electron chi connectivity index (χ3n) is 3.67. The second-order valence-corrected chi connectivity index (χ2v) is 6.41. The first-order valence-corrected chi connectivity index (χ1v) is 8.67. The van der Waals surface area contributed by atoms with Gasteiger partial charge in [-0.1, -0.05) is 42.1 Å². The molecule has 0 aliphatic rings. The standard InChI is InChI=1S/C18H17F2N3OS/c1-12-5-3-4-6-16(12)23-13(2)21-22-18(23)25-11-14-7-9-15(10-8-14)24-17(19)20/h3-10,17H,11H2,1-2H3. The molecule has 25 heavy (non-hydrogen) atoms. The number of para-hydroxylation sites is 1. The molecule has 1 heterocycles. The molecule has 0 saturated carbocycles. The number of alkyl halides is 2. The largest absolute Gasteiger partial charge is 0.435 e. The molecule has 0 unspecified atom stereocenters. The summed E-state index contributed by atoms with van der Waals surface area (Å²) in [6.07, 6.45) is 0. The molecule has 1 aromatic heterocycles. The van der Waals surface area contributed by atoms with Gasteiger partial charge in [-0.15, -0.1) is 10.2 Å². The molecule has 2 aromatic carbocycles. The van der Waals surface area contributed by atoms with E-state index in [0.717, 1.165) is 27.8 Å². The Bertz CT molecular complexity index is 850. The molecular weight excluding hydrogens is 344 g/mol. The minimum absolute atomic E-state index is 0.155. The number of hydrogen-bond donors (Lipinski definition) is 0. The first-order chi connectivity index (χ1) is 12.0. The third kappa shape index (κ3) is 4.17. The molecular formula is C18H17F2N3OS. The van der Waals surface area contributed by atoms with Crippen LogP contribution in [0.1, 0.15) is 17.0 Å². The van der Waals surface area contributed by atoms with Gasteiger partial charge in [0.25, 0.3) is 0 Å². The molecule has 0 atom stereocenters. The summed E-state index contributed by atoms with van der Waals surface area (Å²) in [6.45, 7) is 1.15. The van der Waals surface area contributed by atoms with Gasteiger partial charge in [-0.2, -0.15) is 8.78 Å². The van der Waals surface area contributed by atoms with Crippen LogP contribution in [0.5, 0.6) is 5.75 Å². The second-order valence-electron chi connectivity index (χ2n) is 5.46. The van der Waals surface area contributed by atoms with Crippen molar-refractivity contribution < 1.29 is 13.5 Å². The van der Waals surface area contributed by atoms with Crippen molar-refractivity contribution in [3.8, 4) is 11.4 Å². The zero-order chi connectivity index (χ0) is 17.8. The molecule has 0 N–H and O–H groups in total. The average Bonchev–Trinajstić information content (AvgIpc) is 2.95. The van der Waals surface area contributed by atoms with E-state index in [1.807, 2.05) is 42.7 Å². The SMILES string of the molecule is Cc1ccccc1-n1c(C)nnc1SCc1ccc(OC(F)F)cc1. The van der Waals surface area contributed by atoms with Crippen molar-refractivity contribution in [1.82, 2.24) is 14.8 Å². The fraction of sp³-hybridized carbons (Fsp3) is 0.222. The minimum Gasteiger partial charge on any atom is -0.435 e. The zero-order valence-electron chi connectivity index (χ0n) is 13.8. The predicted molar refractivity (Wildman–Crippen MR) is 93.5 cm³/mol. The topological polar surface area (TPSA) is 39.9 Å². The normalized spacial score (nSPS) is 11.1. The van der Waals surface area contributed by atoms with Gasteiger partial charge in [0.1, 0.15) is 11.6 Å². The number of aromatic nitrogens is 3. The molecule has 3 aromatic rings. The molecule has 0 aliphatic carbocycles. The molecule has 0 saturated heterocycles. The van der Waals surface area contributed by atoms with Gasteiger partial charge in [-0.3, -0.25) is 4.57 Å². The summed E-state index contributed by atoms with van der Waals surface area (Å²) in [7, 11) is 0. The van der Waals surface area contributed by atoms with Crippen LogP contribution in [0.4, 0.5) is 8.78 Å². The van der Waals surface area contributed by atoms with Crippen LogP contribution in [-0.2, 0) is 5.75 Å². The van der Waals surface area contributed by atoms with Crippen LogP contribution in [0.3, 0.4) is 0 Å². The van der Waals surface area contributed by atoms with E-state index in [9.17, 15) is 8.78 Å². The van der Waals surface area contributed by atoms with Crippen molar-refractivity contribution >= 4 is 11.8 Å². The summed E-state index contributed by atoms with van der Waals surface area (Å²) in [6, 6.07) is 14.7. The summed E-state index contributed by atoms with van der Waals surface area (Å²) in [5, 5.41) is 9.23. The lowest BCUT2D eigenvalue weighted by Gasteiger charge is -2.11. The number of nitrogens with zero attached hydrogens (tertiary/aromatic N) is 3. The Morgan fingerprint density at radius 3 is 2.44 bits per heavy atom. The third-order valence-corrected chi connectivity index (χ3v) is 4.67. The zero-order valence-corrected chi connectivity index (χ0v) is 14.6. The number of halogens is 2. The first-order valence-electron chi connectivity index (χ1n) is 7.69. The summed E-state index contributed by atoms with van der Waals surface area (Å²) >= 11 is 1.54. The maximum Gasteiger partial charge on any atom is 0.387 e. The number of rotatable bonds is 6. The molecule has 0 bridgehead atoms. The Labute approximate surface area is 148 Å². The van der Waals surface area contributed by atoms with Crippen LogP contribution < -0.4 is 4.74 Å². The smallest absolute Gasteiger partial charge is 0.387 e. The molecule has 0 fully saturated rings. The van der Waals surface area contributed by atoms with Crippen molar-refractivity contribution in [3.63, 3.8) is 0 Å². The lowest BCUT2D eigenvalue weighted by molar-refractivity contribution is -0.0498. The first kappa shape index (κ1) is 17.4. The van der Waals surface area contributed by atoms with Gasteiger partial charge in [-0.25, -0.2) is 0 Å². The van der Waals surface area contributed by atoms with Gasteiger partial charge in [0.2, 0.25) is 0 Å². The highest BCUT2D eigenvalue weighted by molar-refractivity contribution is 7.98. The van der Waals surface area contributed by atoms with Crippen LogP contribution in [0.25, 0.3) is 5.69 Å². The fourth-order valence-electron chi connectivity index (χ4n) is 2.44. The average molecular weight is 361 g/mol. The Kier molecular flexibility index (Phi) is 5.33. The highest BCUT2D eigenvalue weighted by Gasteiger charge is 2.13. The lowest BCUT2D eigenvalue weighted by Crippen LogP contribution is -2.02. The fourth-order valence-corrected chi connectivity index (χ4v) is 3.39. The van der Waals surface area contributed by atoms with E-state index in [1.165, 1.54) is 0 Å². The molecule has 4 nitrogen and oxygen atoms in total. The number of ether oxygens (including phenoxy) is 1. The summed E-state index contributed by atoms with van der Waals surface area (Å²) < 4.78 is 30.8. The molecule has 7 heteroatoms. The molecule has 0 radical (unpaired) electrons.